The lowest BCUT2D eigenvalue weighted by molar-refractivity contribution is 0.0693. The molecule has 0 radical (unpaired) electrons. The molecule has 2 amide bonds. The summed E-state index contributed by atoms with van der Waals surface area (Å²) in [7, 11) is 0. The number of thioether (sulfide) groups is 1. The van der Waals surface area contributed by atoms with E-state index in [4.69, 9.17) is 5.11 Å². The van der Waals surface area contributed by atoms with Crippen LogP contribution in [0, 0.1) is 0 Å². The van der Waals surface area contributed by atoms with Crippen LogP contribution in [0.3, 0.4) is 0 Å². The van der Waals surface area contributed by atoms with Crippen molar-refractivity contribution < 1.29 is 19.8 Å². The average Bonchev–Trinajstić information content (AvgIpc) is 2.40. The van der Waals surface area contributed by atoms with Gasteiger partial charge in [0.25, 0.3) is 0 Å². The summed E-state index contributed by atoms with van der Waals surface area (Å²) < 4.78 is 0. The summed E-state index contributed by atoms with van der Waals surface area (Å²) in [5, 5.41) is 23.9. The second-order valence-corrected chi connectivity index (χ2v) is 5.53. The maximum absolute atomic E-state index is 11.6. The van der Waals surface area contributed by atoms with Gasteiger partial charge in [0, 0.05) is 17.5 Å². The fraction of sp³-hybridized carbons (Fsp3) is 0.385. The van der Waals surface area contributed by atoms with Gasteiger partial charge in [0.15, 0.2) is 0 Å². The van der Waals surface area contributed by atoms with E-state index < -0.39 is 12.0 Å². The molecule has 1 unspecified atom stereocenters. The Labute approximate surface area is 121 Å². The molecule has 1 aromatic carbocycles. The Balaban J connectivity index is 2.54. The highest BCUT2D eigenvalue weighted by atomic mass is 32.2. The Morgan fingerprint density at radius 3 is 2.70 bits per heavy atom. The highest BCUT2D eigenvalue weighted by molar-refractivity contribution is 7.99. The van der Waals surface area contributed by atoms with E-state index in [1.54, 1.807) is 11.8 Å². The molecule has 110 valence electrons. The molecule has 0 fully saturated rings. The van der Waals surface area contributed by atoms with E-state index in [2.05, 4.69) is 17.6 Å². The number of carboxylic acid groups (broad SMARTS) is 1. The van der Waals surface area contributed by atoms with Crippen LogP contribution >= 0.6 is 11.8 Å². The zero-order valence-corrected chi connectivity index (χ0v) is 12.2. The standard InChI is InChI=1S/C13H18N2O4S/c1-8(20-2)5-6-14-13(19)15-9-3-4-11(16)10(7-9)12(17)18/h3-4,7-8,16H,5-6H2,1-2H3,(H,17,18)(H2,14,15,19). The molecule has 7 heteroatoms. The molecule has 1 aromatic rings. The number of urea groups is 1. The number of aromatic hydroxyl groups is 1. The van der Waals surface area contributed by atoms with Crippen LogP contribution in [0.2, 0.25) is 0 Å². The van der Waals surface area contributed by atoms with Crippen molar-refractivity contribution in [1.82, 2.24) is 5.32 Å². The summed E-state index contributed by atoms with van der Waals surface area (Å²) >= 11 is 1.72. The van der Waals surface area contributed by atoms with Crippen molar-refractivity contribution in [2.45, 2.75) is 18.6 Å². The van der Waals surface area contributed by atoms with Crippen molar-refractivity contribution in [1.29, 1.82) is 0 Å². The van der Waals surface area contributed by atoms with Crippen molar-refractivity contribution >= 4 is 29.4 Å². The number of hydrogen-bond acceptors (Lipinski definition) is 4. The van der Waals surface area contributed by atoms with Gasteiger partial charge >= 0.3 is 12.0 Å². The summed E-state index contributed by atoms with van der Waals surface area (Å²) in [5.41, 5.74) is 0.0643. The number of hydrogen-bond donors (Lipinski definition) is 4. The Bertz CT molecular complexity index is 493. The van der Waals surface area contributed by atoms with Crippen molar-refractivity contribution in [3.05, 3.63) is 23.8 Å². The van der Waals surface area contributed by atoms with Gasteiger partial charge < -0.3 is 20.8 Å². The van der Waals surface area contributed by atoms with Gasteiger partial charge in [-0.05, 0) is 30.9 Å². The zero-order chi connectivity index (χ0) is 15.1. The van der Waals surface area contributed by atoms with Gasteiger partial charge in [-0.1, -0.05) is 6.92 Å². The van der Waals surface area contributed by atoms with Crippen molar-refractivity contribution in [3.8, 4) is 5.75 Å². The van der Waals surface area contributed by atoms with Crippen LogP contribution in [-0.2, 0) is 0 Å². The van der Waals surface area contributed by atoms with Crippen LogP contribution in [0.5, 0.6) is 5.75 Å². The van der Waals surface area contributed by atoms with Gasteiger partial charge in [0.05, 0.1) is 0 Å². The molecule has 20 heavy (non-hydrogen) atoms. The van der Waals surface area contributed by atoms with Crippen LogP contribution in [-0.4, -0.2) is 40.3 Å². The van der Waals surface area contributed by atoms with Crippen LogP contribution in [0.25, 0.3) is 0 Å². The minimum absolute atomic E-state index is 0.251. The van der Waals surface area contributed by atoms with E-state index >= 15 is 0 Å². The predicted molar refractivity (Wildman–Crippen MR) is 79.7 cm³/mol. The Morgan fingerprint density at radius 1 is 1.40 bits per heavy atom. The Hall–Kier alpha value is -1.89. The summed E-state index contributed by atoms with van der Waals surface area (Å²) in [6, 6.07) is 3.48. The Morgan fingerprint density at radius 2 is 2.10 bits per heavy atom. The van der Waals surface area contributed by atoms with E-state index in [0.29, 0.717) is 17.5 Å². The molecule has 4 N–H and O–H groups in total. The Kier molecular flexibility index (Phi) is 6.17. The summed E-state index contributed by atoms with van der Waals surface area (Å²) in [6.07, 6.45) is 2.86. The lowest BCUT2D eigenvalue weighted by Gasteiger charge is -2.11. The van der Waals surface area contributed by atoms with Gasteiger partial charge in [-0.25, -0.2) is 9.59 Å². The van der Waals surface area contributed by atoms with Crippen molar-refractivity contribution in [2.75, 3.05) is 18.1 Å². The predicted octanol–water partition coefficient (Wildman–Crippen LogP) is 2.35. The molecular weight excluding hydrogens is 280 g/mol. The lowest BCUT2D eigenvalue weighted by Crippen LogP contribution is -2.30. The van der Waals surface area contributed by atoms with Gasteiger partial charge in [-0.2, -0.15) is 11.8 Å². The highest BCUT2D eigenvalue weighted by Gasteiger charge is 2.11. The number of carbonyl (C=O) groups is 2. The average molecular weight is 298 g/mol. The van der Waals surface area contributed by atoms with Crippen LogP contribution in [0.4, 0.5) is 10.5 Å². The molecule has 0 aliphatic carbocycles. The van der Waals surface area contributed by atoms with E-state index in [9.17, 15) is 14.7 Å². The molecule has 1 rings (SSSR count). The molecule has 0 heterocycles. The lowest BCUT2D eigenvalue weighted by atomic mass is 10.2. The van der Waals surface area contributed by atoms with E-state index in [-0.39, 0.29) is 11.3 Å². The molecule has 0 aromatic heterocycles. The summed E-state index contributed by atoms with van der Waals surface area (Å²) in [5.74, 6) is -1.59. The third-order valence-corrected chi connectivity index (χ3v) is 3.76. The van der Waals surface area contributed by atoms with Crippen molar-refractivity contribution in [3.63, 3.8) is 0 Å². The quantitative estimate of drug-likeness (QED) is 0.604. The minimum atomic E-state index is -1.25. The molecule has 6 nitrogen and oxygen atoms in total. The maximum Gasteiger partial charge on any atom is 0.339 e. The molecule has 0 saturated heterocycles. The molecular formula is C13H18N2O4S. The first-order valence-corrected chi connectivity index (χ1v) is 7.36. The molecule has 0 saturated carbocycles. The number of amides is 2. The molecule has 0 spiro atoms. The molecule has 0 aliphatic rings. The first kappa shape index (κ1) is 16.2. The normalized spacial score (nSPS) is 11.7. The number of anilines is 1. The van der Waals surface area contributed by atoms with E-state index in [1.165, 1.54) is 18.2 Å². The van der Waals surface area contributed by atoms with Gasteiger partial charge in [0.1, 0.15) is 11.3 Å². The number of aromatic carboxylic acids is 1. The van der Waals surface area contributed by atoms with E-state index in [1.807, 2.05) is 6.26 Å². The largest absolute Gasteiger partial charge is 0.507 e. The fourth-order valence-corrected chi connectivity index (χ4v) is 1.82. The number of nitrogens with one attached hydrogen (secondary N) is 2. The van der Waals surface area contributed by atoms with Gasteiger partial charge in [-0.15, -0.1) is 0 Å². The summed E-state index contributed by atoms with van der Waals surface area (Å²) in [4.78, 5) is 22.5. The second kappa shape index (κ2) is 7.64. The first-order valence-electron chi connectivity index (χ1n) is 6.08. The topological polar surface area (TPSA) is 98.7 Å². The maximum atomic E-state index is 11.6. The molecule has 0 bridgehead atoms. The number of rotatable bonds is 6. The zero-order valence-electron chi connectivity index (χ0n) is 11.3. The van der Waals surface area contributed by atoms with E-state index in [0.717, 1.165) is 6.42 Å². The van der Waals surface area contributed by atoms with Crippen LogP contribution < -0.4 is 10.6 Å². The SMILES string of the molecule is CSC(C)CCNC(=O)Nc1ccc(O)c(C(=O)O)c1. The molecule has 1 atom stereocenters. The highest BCUT2D eigenvalue weighted by Crippen LogP contribution is 2.21. The monoisotopic (exact) mass is 298 g/mol. The fourth-order valence-electron chi connectivity index (χ4n) is 1.47. The number of carbonyl (C=O) groups excluding carboxylic acids is 1. The third kappa shape index (κ3) is 5.00. The van der Waals surface area contributed by atoms with Crippen LogP contribution in [0.15, 0.2) is 18.2 Å². The van der Waals surface area contributed by atoms with Crippen LogP contribution in [0.1, 0.15) is 23.7 Å². The van der Waals surface area contributed by atoms with Gasteiger partial charge in [-0.3, -0.25) is 0 Å². The number of benzene rings is 1. The third-order valence-electron chi connectivity index (χ3n) is 2.72. The number of carboxylic acids is 1. The van der Waals surface area contributed by atoms with Crippen molar-refractivity contribution in [2.24, 2.45) is 0 Å². The number of phenols is 1. The molecule has 0 aliphatic heterocycles. The summed E-state index contributed by atoms with van der Waals surface area (Å²) in [6.45, 7) is 2.61. The van der Waals surface area contributed by atoms with Gasteiger partial charge in [0.2, 0.25) is 0 Å². The smallest absolute Gasteiger partial charge is 0.339 e. The minimum Gasteiger partial charge on any atom is -0.507 e. The second-order valence-electron chi connectivity index (χ2n) is 4.25. The first-order chi connectivity index (χ1) is 9.43.